The van der Waals surface area contributed by atoms with Crippen molar-refractivity contribution >= 4 is 167 Å². The van der Waals surface area contributed by atoms with Gasteiger partial charge in [0.15, 0.2) is 0 Å². The fraction of sp³-hybridized carbons (Fsp3) is 0.218. The molecule has 13 aromatic rings. The van der Waals surface area contributed by atoms with E-state index in [2.05, 4.69) is 335 Å². The van der Waals surface area contributed by atoms with Crippen LogP contribution in [0.4, 0.5) is 68.2 Å². The van der Waals surface area contributed by atoms with E-state index in [1.165, 1.54) is 164 Å². The molecule has 2 aromatic heterocycles. The summed E-state index contributed by atoms with van der Waals surface area (Å²) in [4.78, 5) is 10.5. The van der Waals surface area contributed by atoms with Crippen molar-refractivity contribution in [3.05, 3.63) is 252 Å². The highest BCUT2D eigenvalue weighted by Crippen LogP contribution is 2.55. The molecule has 11 aromatic carbocycles. The summed E-state index contributed by atoms with van der Waals surface area (Å²) >= 11 is 3.98. The van der Waals surface area contributed by atoms with Crippen molar-refractivity contribution in [3.63, 3.8) is 0 Å². The van der Waals surface area contributed by atoms with Gasteiger partial charge in [0.2, 0.25) is 0 Å². The first-order chi connectivity index (χ1) is 45.4. The minimum absolute atomic E-state index is 0.00431. The van der Waals surface area contributed by atoms with Crippen LogP contribution >= 0.6 is 22.7 Å². The van der Waals surface area contributed by atoms with E-state index in [1.54, 1.807) is 0 Å². The largest absolute Gasteiger partial charge is 0.311 e. The molecule has 18 rings (SSSR count). The van der Waals surface area contributed by atoms with Gasteiger partial charge in [-0.3, -0.25) is 0 Å². The summed E-state index contributed by atoms with van der Waals surface area (Å²) in [7, 11) is 0. The lowest BCUT2D eigenvalue weighted by molar-refractivity contribution is 0.590. The fourth-order valence-electron chi connectivity index (χ4n) is 16.8. The topological polar surface area (TPSA) is 13.0 Å². The molecule has 95 heavy (non-hydrogen) atoms. The smallest absolute Gasteiger partial charge is 0.264 e. The molecule has 0 atom stereocenters. The van der Waals surface area contributed by atoms with Crippen molar-refractivity contribution in [2.45, 2.75) is 124 Å². The van der Waals surface area contributed by atoms with Gasteiger partial charge in [-0.05, 0) is 202 Å². The van der Waals surface area contributed by atoms with Gasteiger partial charge in [-0.2, -0.15) is 0 Å². The highest BCUT2D eigenvalue weighted by atomic mass is 32.1. The van der Waals surface area contributed by atoms with Crippen LogP contribution in [0.2, 0.25) is 0 Å². The van der Waals surface area contributed by atoms with Crippen molar-refractivity contribution in [1.82, 2.24) is 0 Å². The Morgan fingerprint density at radius 1 is 0.316 bits per heavy atom. The van der Waals surface area contributed by atoms with Crippen LogP contribution in [0.1, 0.15) is 130 Å². The second-order valence-corrected chi connectivity index (χ2v) is 34.3. The monoisotopic (exact) mass is 1260 g/mol. The van der Waals surface area contributed by atoms with Crippen LogP contribution < -0.4 is 51.0 Å². The van der Waals surface area contributed by atoms with Gasteiger partial charge >= 0.3 is 0 Å². The van der Waals surface area contributed by atoms with Crippen molar-refractivity contribution < 1.29 is 0 Å². The number of hydrogen-bond donors (Lipinski definition) is 0. The molecule has 5 aliphatic rings. The molecule has 8 heteroatoms. The van der Waals surface area contributed by atoms with Crippen molar-refractivity contribution in [2.24, 2.45) is 0 Å². The molecule has 0 saturated heterocycles. The molecule has 0 amide bonds. The molecule has 1 aliphatic carbocycles. The van der Waals surface area contributed by atoms with E-state index < -0.39 is 0 Å². The quantitative estimate of drug-likeness (QED) is 0.163. The zero-order chi connectivity index (χ0) is 65.3. The van der Waals surface area contributed by atoms with Gasteiger partial charge in [-0.25, -0.2) is 0 Å². The standard InChI is InChI=1S/C87H78B2N4S2/c1-83(2,3)53-29-37-57(38-30-53)90-69-24-19-26-71-77(69)88(81-79(62-22-16-18-28-75(62)94-81)92(71)59-41-33-55(34-42-59)85(7,8)9)67-45-51-48-74-68(46-52(51)47-73(67)90)89-78-70(91(74)58-39-31-54(32-40-58)84(4,5)6)25-20-27-72(78)93(60-43-35-56(36-44-60)86(10,11)12)80-64-49-63-61-21-15-17-23-65(61)87(13,14)66(63)50-76(64)95-82(80)89/h15-50H,1-14H3. The molecule has 4 nitrogen and oxygen atoms in total. The average Bonchev–Trinajstić information content (AvgIpc) is 1.68. The summed E-state index contributed by atoms with van der Waals surface area (Å²) in [6, 6.07) is 85.9. The minimum atomic E-state index is -0.139. The highest BCUT2D eigenvalue weighted by Gasteiger charge is 2.49. The second kappa shape index (κ2) is 20.0. The molecular weight excluding hydrogens is 1190 g/mol. The molecule has 0 spiro atoms. The van der Waals surface area contributed by atoms with Crippen LogP contribution in [0.15, 0.2) is 218 Å². The molecule has 0 radical (unpaired) electrons. The Labute approximate surface area is 569 Å². The van der Waals surface area contributed by atoms with Gasteiger partial charge in [-0.15, -0.1) is 22.7 Å². The van der Waals surface area contributed by atoms with Crippen molar-refractivity contribution in [1.29, 1.82) is 0 Å². The average molecular weight is 1270 g/mol. The number of rotatable bonds is 4. The first-order valence-electron chi connectivity index (χ1n) is 34.1. The van der Waals surface area contributed by atoms with E-state index in [0.717, 1.165) is 11.4 Å². The maximum Gasteiger partial charge on any atom is 0.264 e. The van der Waals surface area contributed by atoms with Crippen LogP contribution in [0.3, 0.4) is 0 Å². The van der Waals surface area contributed by atoms with Gasteiger partial charge in [0, 0.05) is 92.0 Å². The van der Waals surface area contributed by atoms with Crippen LogP contribution in [-0.2, 0) is 27.1 Å². The Morgan fingerprint density at radius 3 is 1.14 bits per heavy atom. The number of fused-ring (bicyclic) bond motifs is 16. The number of hydrogen-bond acceptors (Lipinski definition) is 6. The number of nitrogens with zero attached hydrogens (tertiary/aromatic N) is 4. The van der Waals surface area contributed by atoms with E-state index in [-0.39, 0.29) is 40.5 Å². The third kappa shape index (κ3) is 8.58. The Balaban J connectivity index is 0.918. The minimum Gasteiger partial charge on any atom is -0.311 e. The van der Waals surface area contributed by atoms with Crippen molar-refractivity contribution in [3.8, 4) is 11.1 Å². The van der Waals surface area contributed by atoms with Gasteiger partial charge < -0.3 is 19.6 Å². The SMILES string of the molecule is CC(C)(C)c1ccc(N2c3cc4cc5c(cc4cc3B3c4sc6ccccc6c4N(c4ccc(C(C)(C)C)cc4)c4cccc2c43)N(c2ccc(C(C)(C)C)cc2)c2cccc3c2B5c2sc4cc5c(cc4c2N3c2ccc(C(C)(C)C)cc2)-c2ccccc2C5(C)C)cc1. The highest BCUT2D eigenvalue weighted by molar-refractivity contribution is 7.34. The fourth-order valence-corrected chi connectivity index (χ4v) is 19.4. The summed E-state index contributed by atoms with van der Waals surface area (Å²) in [6.07, 6.45) is 0. The van der Waals surface area contributed by atoms with Gasteiger partial charge in [0.1, 0.15) is 0 Å². The third-order valence-corrected chi connectivity index (χ3v) is 24.3. The Bertz CT molecular complexity index is 5390. The Kier molecular flexibility index (Phi) is 12.3. The maximum absolute atomic E-state index is 2.64. The van der Waals surface area contributed by atoms with Gasteiger partial charge in [0.25, 0.3) is 13.4 Å². The molecule has 0 unspecified atom stereocenters. The summed E-state index contributed by atoms with van der Waals surface area (Å²) in [5.41, 5.74) is 30.6. The lowest BCUT2D eigenvalue weighted by atomic mass is 9.35. The summed E-state index contributed by atoms with van der Waals surface area (Å²) in [5.74, 6) is 0. The van der Waals surface area contributed by atoms with Crippen LogP contribution in [0.25, 0.3) is 42.1 Å². The summed E-state index contributed by atoms with van der Waals surface area (Å²) < 4.78 is 5.40. The van der Waals surface area contributed by atoms with E-state index in [0.29, 0.717) is 0 Å². The van der Waals surface area contributed by atoms with E-state index in [4.69, 9.17) is 0 Å². The maximum atomic E-state index is 2.64. The molecule has 0 fully saturated rings. The summed E-state index contributed by atoms with van der Waals surface area (Å²) in [6.45, 7) is 32.5. The zero-order valence-corrected chi connectivity index (χ0v) is 58.7. The number of thiophene rings is 2. The number of benzene rings is 11. The molecule has 6 heterocycles. The number of anilines is 12. The molecule has 0 saturated carbocycles. The second-order valence-electron chi connectivity index (χ2n) is 32.2. The van der Waals surface area contributed by atoms with Crippen molar-refractivity contribution in [2.75, 3.05) is 19.6 Å². The van der Waals surface area contributed by atoms with E-state index in [9.17, 15) is 0 Å². The van der Waals surface area contributed by atoms with Gasteiger partial charge in [0.05, 0.1) is 11.4 Å². The lowest BCUT2D eigenvalue weighted by Crippen LogP contribution is -2.61. The molecule has 4 aliphatic heterocycles. The zero-order valence-electron chi connectivity index (χ0n) is 57.0. The van der Waals surface area contributed by atoms with E-state index in [1.807, 2.05) is 22.7 Å². The summed E-state index contributed by atoms with van der Waals surface area (Å²) in [5, 5.41) is 5.06. The molecule has 464 valence electrons. The lowest BCUT2D eigenvalue weighted by Gasteiger charge is -2.44. The van der Waals surface area contributed by atoms with Crippen LogP contribution in [0.5, 0.6) is 0 Å². The normalized spacial score (nSPS) is 15.0. The predicted molar refractivity (Wildman–Crippen MR) is 415 cm³/mol. The molecule has 0 bridgehead atoms. The molecule has 0 N–H and O–H groups in total. The van der Waals surface area contributed by atoms with Crippen LogP contribution in [0, 0.1) is 0 Å². The van der Waals surface area contributed by atoms with E-state index >= 15 is 0 Å². The Hall–Kier alpha value is -9.07. The third-order valence-electron chi connectivity index (χ3n) is 21.8. The van der Waals surface area contributed by atoms with Crippen LogP contribution in [-0.4, -0.2) is 13.4 Å². The first-order valence-corrected chi connectivity index (χ1v) is 35.8. The predicted octanol–water partition coefficient (Wildman–Crippen LogP) is 20.9. The molecular formula is C87H78B2N4S2. The van der Waals surface area contributed by atoms with Gasteiger partial charge in [-0.1, -0.05) is 212 Å². The Morgan fingerprint density at radius 2 is 0.695 bits per heavy atom. The first kappa shape index (κ1) is 58.5.